The lowest BCUT2D eigenvalue weighted by Crippen LogP contribution is -2.36. The van der Waals surface area contributed by atoms with Gasteiger partial charge in [0.1, 0.15) is 5.75 Å². The van der Waals surface area contributed by atoms with Crippen LogP contribution < -0.4 is 4.74 Å². The number of likely N-dealkylation sites (N-methyl/N-ethyl adjacent to an activating group) is 1. The maximum atomic E-state index is 12.0. The third kappa shape index (κ3) is 4.91. The van der Waals surface area contributed by atoms with E-state index in [0.717, 1.165) is 12.0 Å². The van der Waals surface area contributed by atoms with Gasteiger partial charge in [0.2, 0.25) is 0 Å². The van der Waals surface area contributed by atoms with E-state index in [1.807, 2.05) is 38.1 Å². The molecule has 5 heteroatoms. The van der Waals surface area contributed by atoms with Crippen LogP contribution in [-0.2, 0) is 16.0 Å². The summed E-state index contributed by atoms with van der Waals surface area (Å²) in [7, 11) is 0. The van der Waals surface area contributed by atoms with E-state index < -0.39 is 5.97 Å². The van der Waals surface area contributed by atoms with Crippen LogP contribution in [0.3, 0.4) is 0 Å². The molecule has 0 radical (unpaired) electrons. The van der Waals surface area contributed by atoms with Gasteiger partial charge in [0.05, 0.1) is 6.42 Å². The predicted octanol–water partition coefficient (Wildman–Crippen LogP) is 1.95. The molecule has 0 aliphatic carbocycles. The van der Waals surface area contributed by atoms with Crippen molar-refractivity contribution in [3.8, 4) is 5.75 Å². The number of nitrogens with zero attached hydrogens (tertiary/aromatic N) is 1. The molecule has 1 aromatic rings. The molecule has 0 aliphatic heterocycles. The Morgan fingerprint density at radius 2 is 1.95 bits per heavy atom. The van der Waals surface area contributed by atoms with E-state index in [0.29, 0.717) is 12.3 Å². The molecule has 5 nitrogen and oxygen atoms in total. The average molecular weight is 279 g/mol. The molecule has 0 unspecified atom stereocenters. The molecule has 0 heterocycles. The zero-order valence-electron chi connectivity index (χ0n) is 12.0. The van der Waals surface area contributed by atoms with Gasteiger partial charge in [0.25, 0.3) is 5.91 Å². The summed E-state index contributed by atoms with van der Waals surface area (Å²) in [5.74, 6) is -0.397. The Balaban J connectivity index is 2.54. The van der Waals surface area contributed by atoms with Gasteiger partial charge in [-0.3, -0.25) is 9.59 Å². The van der Waals surface area contributed by atoms with Crippen LogP contribution in [0.15, 0.2) is 24.3 Å². The van der Waals surface area contributed by atoms with Crippen LogP contribution in [0.5, 0.6) is 5.75 Å². The van der Waals surface area contributed by atoms with Crippen LogP contribution >= 0.6 is 0 Å². The minimum Gasteiger partial charge on any atom is -0.483 e. The smallest absolute Gasteiger partial charge is 0.305 e. The number of aliphatic carboxylic acids is 1. The number of amides is 1. The predicted molar refractivity (Wildman–Crippen MR) is 75.8 cm³/mol. The van der Waals surface area contributed by atoms with Crippen LogP contribution in [0.4, 0.5) is 0 Å². The van der Waals surface area contributed by atoms with Gasteiger partial charge in [-0.2, -0.15) is 0 Å². The van der Waals surface area contributed by atoms with Crippen LogP contribution in [0, 0.1) is 0 Å². The lowest BCUT2D eigenvalue weighted by Gasteiger charge is -2.20. The average Bonchev–Trinajstić information content (AvgIpc) is 2.45. The van der Waals surface area contributed by atoms with Crippen molar-refractivity contribution < 1.29 is 19.4 Å². The molecule has 0 spiro atoms. The zero-order chi connectivity index (χ0) is 15.0. The molecule has 1 N–H and O–H groups in total. The maximum absolute atomic E-state index is 12.0. The second kappa shape index (κ2) is 8.19. The SMILES string of the molecule is CCc1ccccc1OCC(=O)N(CC)CCC(=O)O. The number of benzene rings is 1. The normalized spacial score (nSPS) is 10.1. The van der Waals surface area contributed by atoms with E-state index in [1.54, 1.807) is 0 Å². The van der Waals surface area contributed by atoms with Crippen molar-refractivity contribution in [3.63, 3.8) is 0 Å². The quantitative estimate of drug-likeness (QED) is 0.790. The van der Waals surface area contributed by atoms with Crippen molar-refractivity contribution in [3.05, 3.63) is 29.8 Å². The van der Waals surface area contributed by atoms with E-state index in [4.69, 9.17) is 9.84 Å². The highest BCUT2D eigenvalue weighted by atomic mass is 16.5. The Morgan fingerprint density at radius 3 is 2.55 bits per heavy atom. The molecule has 0 bridgehead atoms. The van der Waals surface area contributed by atoms with Crippen LogP contribution in [0.2, 0.25) is 0 Å². The molecule has 0 saturated carbocycles. The first-order valence-corrected chi connectivity index (χ1v) is 6.78. The van der Waals surface area contributed by atoms with Crippen molar-refractivity contribution in [1.82, 2.24) is 4.90 Å². The van der Waals surface area contributed by atoms with Gasteiger partial charge < -0.3 is 14.7 Å². The summed E-state index contributed by atoms with van der Waals surface area (Å²) in [5.41, 5.74) is 1.05. The number of carbonyl (C=O) groups excluding carboxylic acids is 1. The van der Waals surface area contributed by atoms with Gasteiger partial charge in [0.15, 0.2) is 6.61 Å². The number of para-hydroxylation sites is 1. The topological polar surface area (TPSA) is 66.8 Å². The third-order valence-electron chi connectivity index (χ3n) is 3.03. The fraction of sp³-hybridized carbons (Fsp3) is 0.467. The molecule has 0 aliphatic rings. The number of carboxylic acids is 1. The number of carboxylic acid groups (broad SMARTS) is 1. The number of rotatable bonds is 8. The molecule has 1 rings (SSSR count). The molecular formula is C15H21NO4. The first-order chi connectivity index (χ1) is 9.58. The summed E-state index contributed by atoms with van der Waals surface area (Å²) in [5, 5.41) is 8.65. The zero-order valence-corrected chi connectivity index (χ0v) is 12.0. The molecule has 0 saturated heterocycles. The lowest BCUT2D eigenvalue weighted by atomic mass is 10.1. The summed E-state index contributed by atoms with van der Waals surface area (Å²) < 4.78 is 5.54. The number of carbonyl (C=O) groups is 2. The Kier molecular flexibility index (Phi) is 6.56. The molecule has 0 fully saturated rings. The van der Waals surface area contributed by atoms with Crippen molar-refractivity contribution in [2.45, 2.75) is 26.7 Å². The summed E-state index contributed by atoms with van der Waals surface area (Å²) in [6, 6.07) is 7.58. The van der Waals surface area contributed by atoms with Gasteiger partial charge in [-0.1, -0.05) is 25.1 Å². The Bertz CT molecular complexity index is 459. The second-order valence-corrected chi connectivity index (χ2v) is 4.37. The van der Waals surface area contributed by atoms with Gasteiger partial charge in [-0.25, -0.2) is 0 Å². The first-order valence-electron chi connectivity index (χ1n) is 6.78. The molecule has 0 atom stereocenters. The molecule has 1 amide bonds. The van der Waals surface area contributed by atoms with Crippen molar-refractivity contribution >= 4 is 11.9 Å². The van der Waals surface area contributed by atoms with Gasteiger partial charge in [0, 0.05) is 13.1 Å². The van der Waals surface area contributed by atoms with E-state index in [1.165, 1.54) is 4.90 Å². The molecular weight excluding hydrogens is 258 g/mol. The van der Waals surface area contributed by atoms with Crippen LogP contribution in [0.1, 0.15) is 25.8 Å². The van der Waals surface area contributed by atoms with Crippen LogP contribution in [0.25, 0.3) is 0 Å². The highest BCUT2D eigenvalue weighted by Gasteiger charge is 2.14. The van der Waals surface area contributed by atoms with Gasteiger partial charge in [-0.05, 0) is 25.0 Å². The van der Waals surface area contributed by atoms with E-state index in [9.17, 15) is 9.59 Å². The number of hydrogen-bond donors (Lipinski definition) is 1. The lowest BCUT2D eigenvalue weighted by molar-refractivity contribution is -0.139. The Labute approximate surface area is 119 Å². The summed E-state index contributed by atoms with van der Waals surface area (Å²) in [6.45, 7) is 4.47. The largest absolute Gasteiger partial charge is 0.483 e. The summed E-state index contributed by atoms with van der Waals surface area (Å²) in [6.07, 6.45) is 0.784. The monoisotopic (exact) mass is 279 g/mol. The van der Waals surface area contributed by atoms with E-state index >= 15 is 0 Å². The van der Waals surface area contributed by atoms with Crippen molar-refractivity contribution in [1.29, 1.82) is 0 Å². The standard InChI is InChI=1S/C15H21NO4/c1-3-12-7-5-6-8-13(12)20-11-14(17)16(4-2)10-9-15(18)19/h5-8H,3-4,9-11H2,1-2H3,(H,18,19). The molecule has 110 valence electrons. The Morgan fingerprint density at radius 1 is 1.25 bits per heavy atom. The number of ether oxygens (including phenoxy) is 1. The summed E-state index contributed by atoms with van der Waals surface area (Å²) in [4.78, 5) is 24.0. The van der Waals surface area contributed by atoms with Crippen LogP contribution in [-0.4, -0.2) is 41.6 Å². The molecule has 0 aromatic heterocycles. The highest BCUT2D eigenvalue weighted by Crippen LogP contribution is 2.18. The first kappa shape index (κ1) is 16.0. The number of hydrogen-bond acceptors (Lipinski definition) is 3. The number of aryl methyl sites for hydroxylation is 1. The fourth-order valence-corrected chi connectivity index (χ4v) is 1.86. The minimum absolute atomic E-state index is 0.0505. The van der Waals surface area contributed by atoms with Gasteiger partial charge in [-0.15, -0.1) is 0 Å². The highest BCUT2D eigenvalue weighted by molar-refractivity contribution is 5.78. The minimum atomic E-state index is -0.909. The van der Waals surface area contributed by atoms with Gasteiger partial charge >= 0.3 is 5.97 Å². The van der Waals surface area contributed by atoms with E-state index in [2.05, 4.69) is 0 Å². The van der Waals surface area contributed by atoms with Crippen molar-refractivity contribution in [2.24, 2.45) is 0 Å². The fourth-order valence-electron chi connectivity index (χ4n) is 1.86. The third-order valence-corrected chi connectivity index (χ3v) is 3.03. The van der Waals surface area contributed by atoms with Crippen molar-refractivity contribution in [2.75, 3.05) is 19.7 Å². The molecule has 20 heavy (non-hydrogen) atoms. The second-order valence-electron chi connectivity index (χ2n) is 4.37. The Hall–Kier alpha value is -2.04. The van der Waals surface area contributed by atoms with E-state index in [-0.39, 0.29) is 25.5 Å². The molecule has 1 aromatic carbocycles. The maximum Gasteiger partial charge on any atom is 0.305 e. The summed E-state index contributed by atoms with van der Waals surface area (Å²) >= 11 is 0.